The monoisotopic (exact) mass is 293 g/mol. The largest absolute Gasteiger partial charge is 0.326 e. The van der Waals surface area contributed by atoms with Gasteiger partial charge < -0.3 is 5.32 Å². The molecule has 0 unspecified atom stereocenters. The lowest BCUT2D eigenvalue weighted by molar-refractivity contribution is -0.115. The highest BCUT2D eigenvalue weighted by atomic mass is 16.1. The van der Waals surface area contributed by atoms with Gasteiger partial charge >= 0.3 is 0 Å². The second-order valence-electron chi connectivity index (χ2n) is 4.94. The molecule has 2 heterocycles. The third-order valence-corrected chi connectivity index (χ3v) is 3.11. The van der Waals surface area contributed by atoms with Crippen LogP contribution in [0.4, 0.5) is 5.69 Å². The molecule has 2 aromatic heterocycles. The standard InChI is InChI=1S/C16H15N5O/c1-11-4-6-13(7-5-11)18-15(22)9-14-19-16(21-20-14)12-3-2-8-17-10-12/h2-8,10H,9H2,1H3,(H,18,22)(H,19,20,21). The van der Waals surface area contributed by atoms with E-state index in [0.717, 1.165) is 16.8 Å². The summed E-state index contributed by atoms with van der Waals surface area (Å²) in [5.41, 5.74) is 2.72. The van der Waals surface area contributed by atoms with Crippen molar-refractivity contribution in [2.45, 2.75) is 13.3 Å². The fourth-order valence-corrected chi connectivity index (χ4v) is 1.99. The zero-order valence-electron chi connectivity index (χ0n) is 12.1. The van der Waals surface area contributed by atoms with Crippen LogP contribution in [0.3, 0.4) is 0 Å². The minimum absolute atomic E-state index is 0.140. The zero-order chi connectivity index (χ0) is 15.4. The van der Waals surface area contributed by atoms with Gasteiger partial charge in [0.1, 0.15) is 5.82 Å². The Balaban J connectivity index is 1.65. The van der Waals surface area contributed by atoms with E-state index in [4.69, 9.17) is 0 Å². The number of nitrogens with zero attached hydrogens (tertiary/aromatic N) is 3. The Morgan fingerprint density at radius 3 is 2.77 bits per heavy atom. The van der Waals surface area contributed by atoms with E-state index >= 15 is 0 Å². The molecule has 22 heavy (non-hydrogen) atoms. The molecule has 0 atom stereocenters. The maximum atomic E-state index is 12.0. The van der Waals surface area contributed by atoms with Crippen LogP contribution in [0.15, 0.2) is 48.8 Å². The molecule has 0 radical (unpaired) electrons. The molecule has 0 bridgehead atoms. The van der Waals surface area contributed by atoms with E-state index in [2.05, 4.69) is 25.5 Å². The van der Waals surface area contributed by atoms with Crippen LogP contribution in [-0.4, -0.2) is 26.1 Å². The lowest BCUT2D eigenvalue weighted by atomic mass is 10.2. The zero-order valence-corrected chi connectivity index (χ0v) is 12.1. The summed E-state index contributed by atoms with van der Waals surface area (Å²) in [6.07, 6.45) is 3.51. The van der Waals surface area contributed by atoms with Gasteiger partial charge in [-0.1, -0.05) is 17.7 Å². The van der Waals surface area contributed by atoms with Crippen molar-refractivity contribution >= 4 is 11.6 Å². The van der Waals surface area contributed by atoms with Crippen molar-refractivity contribution in [2.75, 3.05) is 5.32 Å². The Morgan fingerprint density at radius 2 is 2.05 bits per heavy atom. The van der Waals surface area contributed by atoms with Gasteiger partial charge in [0.05, 0.1) is 6.42 Å². The molecule has 0 saturated heterocycles. The second kappa shape index (κ2) is 6.17. The Bertz CT molecular complexity index is 765. The van der Waals surface area contributed by atoms with Crippen LogP contribution >= 0.6 is 0 Å². The lowest BCUT2D eigenvalue weighted by Gasteiger charge is -2.03. The summed E-state index contributed by atoms with van der Waals surface area (Å²) in [5, 5.41) is 9.71. The summed E-state index contributed by atoms with van der Waals surface area (Å²) in [5.74, 6) is 0.910. The quantitative estimate of drug-likeness (QED) is 0.773. The molecule has 0 spiro atoms. The molecule has 0 aliphatic heterocycles. The summed E-state index contributed by atoms with van der Waals surface area (Å²) in [4.78, 5) is 20.3. The first kappa shape index (κ1) is 13.9. The molecule has 1 amide bonds. The van der Waals surface area contributed by atoms with Crippen LogP contribution < -0.4 is 5.32 Å². The van der Waals surface area contributed by atoms with Gasteiger partial charge in [-0.3, -0.25) is 14.9 Å². The molecule has 110 valence electrons. The van der Waals surface area contributed by atoms with Gasteiger partial charge in [-0.25, -0.2) is 4.98 Å². The normalized spacial score (nSPS) is 10.4. The molecule has 3 aromatic rings. The minimum atomic E-state index is -0.141. The molecule has 1 aromatic carbocycles. The molecular weight excluding hydrogens is 278 g/mol. The van der Waals surface area contributed by atoms with Crippen molar-refractivity contribution in [3.8, 4) is 11.4 Å². The summed E-state index contributed by atoms with van der Waals surface area (Å²) in [6, 6.07) is 11.3. The van der Waals surface area contributed by atoms with Crippen LogP contribution in [-0.2, 0) is 11.2 Å². The summed E-state index contributed by atoms with van der Waals surface area (Å²) in [7, 11) is 0. The Morgan fingerprint density at radius 1 is 1.23 bits per heavy atom. The minimum Gasteiger partial charge on any atom is -0.326 e. The molecule has 0 aliphatic rings. The number of aryl methyl sites for hydroxylation is 1. The van der Waals surface area contributed by atoms with Crippen LogP contribution in [0.1, 0.15) is 11.4 Å². The van der Waals surface area contributed by atoms with Crippen molar-refractivity contribution in [3.63, 3.8) is 0 Å². The Labute approximate surface area is 127 Å². The SMILES string of the molecule is Cc1ccc(NC(=O)Cc2nc(-c3cccnc3)n[nH]2)cc1. The highest BCUT2D eigenvalue weighted by molar-refractivity contribution is 5.91. The van der Waals surface area contributed by atoms with Crippen molar-refractivity contribution in [1.82, 2.24) is 20.2 Å². The van der Waals surface area contributed by atoms with E-state index in [1.54, 1.807) is 12.4 Å². The summed E-state index contributed by atoms with van der Waals surface area (Å²) < 4.78 is 0. The Hall–Kier alpha value is -3.02. The predicted molar refractivity (Wildman–Crippen MR) is 83.1 cm³/mol. The summed E-state index contributed by atoms with van der Waals surface area (Å²) >= 11 is 0. The summed E-state index contributed by atoms with van der Waals surface area (Å²) in [6.45, 7) is 2.00. The Kier molecular flexibility index (Phi) is 3.91. The lowest BCUT2D eigenvalue weighted by Crippen LogP contribution is -2.15. The van der Waals surface area contributed by atoms with E-state index in [-0.39, 0.29) is 12.3 Å². The van der Waals surface area contributed by atoms with Gasteiger partial charge in [0.15, 0.2) is 5.82 Å². The third kappa shape index (κ3) is 3.35. The fraction of sp³-hybridized carbons (Fsp3) is 0.125. The third-order valence-electron chi connectivity index (χ3n) is 3.11. The van der Waals surface area contributed by atoms with E-state index < -0.39 is 0 Å². The van der Waals surface area contributed by atoms with Crippen molar-refractivity contribution in [3.05, 3.63) is 60.2 Å². The number of aromatic nitrogens is 4. The maximum absolute atomic E-state index is 12.0. The average Bonchev–Trinajstić information content (AvgIpc) is 2.99. The van der Waals surface area contributed by atoms with Crippen LogP contribution in [0.25, 0.3) is 11.4 Å². The van der Waals surface area contributed by atoms with Crippen molar-refractivity contribution in [2.24, 2.45) is 0 Å². The van der Waals surface area contributed by atoms with Gasteiger partial charge in [-0.2, -0.15) is 5.10 Å². The van der Waals surface area contributed by atoms with E-state index in [1.807, 2.05) is 43.3 Å². The molecule has 3 rings (SSSR count). The number of rotatable bonds is 4. The van der Waals surface area contributed by atoms with Crippen molar-refractivity contribution < 1.29 is 4.79 Å². The second-order valence-corrected chi connectivity index (χ2v) is 4.94. The first-order valence-electron chi connectivity index (χ1n) is 6.89. The van der Waals surface area contributed by atoms with Gasteiger partial charge in [-0.15, -0.1) is 0 Å². The van der Waals surface area contributed by atoms with Gasteiger partial charge in [0.2, 0.25) is 5.91 Å². The molecule has 6 heteroatoms. The van der Waals surface area contributed by atoms with Gasteiger partial charge in [0.25, 0.3) is 0 Å². The molecule has 6 nitrogen and oxygen atoms in total. The number of anilines is 1. The number of nitrogens with one attached hydrogen (secondary N) is 2. The van der Waals surface area contributed by atoms with E-state index in [0.29, 0.717) is 11.6 Å². The van der Waals surface area contributed by atoms with E-state index in [1.165, 1.54) is 0 Å². The van der Waals surface area contributed by atoms with Gasteiger partial charge in [-0.05, 0) is 31.2 Å². The topological polar surface area (TPSA) is 83.6 Å². The molecule has 2 N–H and O–H groups in total. The number of hydrogen-bond acceptors (Lipinski definition) is 4. The van der Waals surface area contributed by atoms with Crippen LogP contribution in [0, 0.1) is 6.92 Å². The number of H-pyrrole nitrogens is 1. The first-order valence-corrected chi connectivity index (χ1v) is 6.89. The number of carbonyl (C=O) groups excluding carboxylic acids is 1. The van der Waals surface area contributed by atoms with Crippen LogP contribution in [0.5, 0.6) is 0 Å². The fourth-order valence-electron chi connectivity index (χ4n) is 1.99. The first-order chi connectivity index (χ1) is 10.7. The maximum Gasteiger partial charge on any atom is 0.232 e. The van der Waals surface area contributed by atoms with Gasteiger partial charge in [0, 0.05) is 23.6 Å². The number of carbonyl (C=O) groups is 1. The highest BCUT2D eigenvalue weighted by Crippen LogP contribution is 2.13. The predicted octanol–water partition coefficient (Wildman–Crippen LogP) is 2.36. The van der Waals surface area contributed by atoms with Crippen molar-refractivity contribution in [1.29, 1.82) is 0 Å². The molecular formula is C16H15N5O. The number of hydrogen-bond donors (Lipinski definition) is 2. The number of aromatic amines is 1. The number of pyridine rings is 1. The number of amides is 1. The molecule has 0 saturated carbocycles. The number of benzene rings is 1. The average molecular weight is 293 g/mol. The molecule has 0 fully saturated rings. The highest BCUT2D eigenvalue weighted by Gasteiger charge is 2.10. The molecule has 0 aliphatic carbocycles. The van der Waals surface area contributed by atoms with Crippen LogP contribution in [0.2, 0.25) is 0 Å². The van der Waals surface area contributed by atoms with E-state index in [9.17, 15) is 4.79 Å². The smallest absolute Gasteiger partial charge is 0.232 e.